The number of hydrogen-bond donors (Lipinski definition) is 2. The molecule has 2 N–H and O–H groups in total. The molecule has 1 aromatic rings. The van der Waals surface area contributed by atoms with Crippen LogP contribution in [0.4, 0.5) is 10.6 Å². The molecule has 8 nitrogen and oxygen atoms in total. The Morgan fingerprint density at radius 2 is 2.22 bits per heavy atom. The molecule has 0 aliphatic carbocycles. The summed E-state index contributed by atoms with van der Waals surface area (Å²) in [6.45, 7) is 5.82. The molecule has 23 heavy (non-hydrogen) atoms. The molecule has 0 saturated heterocycles. The van der Waals surface area contributed by atoms with Gasteiger partial charge < -0.3 is 15.2 Å². The van der Waals surface area contributed by atoms with E-state index in [1.54, 1.807) is 38.6 Å². The Morgan fingerprint density at radius 3 is 2.83 bits per heavy atom. The van der Waals surface area contributed by atoms with Gasteiger partial charge in [-0.25, -0.2) is 9.48 Å². The van der Waals surface area contributed by atoms with E-state index < -0.39 is 17.7 Å². The number of ether oxygens (including phenoxy) is 1. The van der Waals surface area contributed by atoms with Crippen molar-refractivity contribution < 1.29 is 19.4 Å². The lowest BCUT2D eigenvalue weighted by Gasteiger charge is -2.24. The average molecular weight is 324 g/mol. The lowest BCUT2D eigenvalue weighted by atomic mass is 10.2. The maximum absolute atomic E-state index is 12.5. The quantitative estimate of drug-likeness (QED) is 0.852. The Bertz CT molecular complexity index is 591. The summed E-state index contributed by atoms with van der Waals surface area (Å²) in [4.78, 5) is 25.9. The lowest BCUT2D eigenvalue weighted by Crippen LogP contribution is -2.48. The van der Waals surface area contributed by atoms with E-state index in [1.807, 2.05) is 0 Å². The van der Waals surface area contributed by atoms with Gasteiger partial charge in [-0.05, 0) is 27.2 Å². The second-order valence-electron chi connectivity index (χ2n) is 6.58. The predicted molar refractivity (Wildman–Crippen MR) is 84.2 cm³/mol. The fraction of sp³-hybridized carbons (Fsp3) is 0.667. The number of aliphatic hydroxyl groups excluding tert-OH is 1. The molecule has 1 aliphatic rings. The van der Waals surface area contributed by atoms with Gasteiger partial charge in [0.25, 0.3) is 5.91 Å². The summed E-state index contributed by atoms with van der Waals surface area (Å²) in [6, 6.07) is 1.13. The minimum atomic E-state index is -0.655. The van der Waals surface area contributed by atoms with Crippen LogP contribution in [0, 0.1) is 0 Å². The van der Waals surface area contributed by atoms with E-state index in [2.05, 4.69) is 10.4 Å². The van der Waals surface area contributed by atoms with Crippen molar-refractivity contribution >= 4 is 17.8 Å². The average Bonchev–Trinajstić information content (AvgIpc) is 2.79. The molecule has 128 valence electrons. The van der Waals surface area contributed by atoms with Gasteiger partial charge in [-0.3, -0.25) is 9.69 Å². The first-order valence-corrected chi connectivity index (χ1v) is 7.66. The van der Waals surface area contributed by atoms with Gasteiger partial charge in [0, 0.05) is 32.7 Å². The minimum absolute atomic E-state index is 0.0109. The number of nitrogens with one attached hydrogen (secondary N) is 1. The molecule has 0 bridgehead atoms. The maximum Gasteiger partial charge on any atom is 0.408 e. The van der Waals surface area contributed by atoms with Crippen LogP contribution in [0.2, 0.25) is 0 Å². The van der Waals surface area contributed by atoms with Crippen LogP contribution in [0.15, 0.2) is 6.07 Å². The molecule has 0 fully saturated rings. The van der Waals surface area contributed by atoms with Crippen molar-refractivity contribution in [2.75, 3.05) is 18.6 Å². The molecule has 1 atom stereocenters. The number of nitrogens with zero attached hydrogens (tertiary/aromatic N) is 3. The third kappa shape index (κ3) is 4.22. The summed E-state index contributed by atoms with van der Waals surface area (Å²) in [5.41, 5.74) is 0.121. The smallest absolute Gasteiger partial charge is 0.408 e. The highest BCUT2D eigenvalue weighted by Crippen LogP contribution is 2.21. The summed E-state index contributed by atoms with van der Waals surface area (Å²) in [5.74, 6) is 0.442. The van der Waals surface area contributed by atoms with Crippen molar-refractivity contribution in [3.63, 3.8) is 0 Å². The van der Waals surface area contributed by atoms with Crippen LogP contribution in [0.5, 0.6) is 0 Å². The Balaban J connectivity index is 2.09. The van der Waals surface area contributed by atoms with E-state index in [0.29, 0.717) is 25.2 Å². The Morgan fingerprint density at radius 1 is 1.52 bits per heavy atom. The molecule has 1 unspecified atom stereocenters. The van der Waals surface area contributed by atoms with Crippen molar-refractivity contribution in [3.8, 4) is 0 Å². The monoisotopic (exact) mass is 324 g/mol. The van der Waals surface area contributed by atoms with Crippen molar-refractivity contribution in [2.24, 2.45) is 0 Å². The van der Waals surface area contributed by atoms with Gasteiger partial charge in [-0.15, -0.1) is 0 Å². The van der Waals surface area contributed by atoms with Crippen LogP contribution in [0.1, 0.15) is 32.9 Å². The van der Waals surface area contributed by atoms with Crippen molar-refractivity contribution in [1.29, 1.82) is 0 Å². The van der Waals surface area contributed by atoms with Crippen LogP contribution in [0.3, 0.4) is 0 Å². The van der Waals surface area contributed by atoms with Gasteiger partial charge in [-0.1, -0.05) is 0 Å². The number of aromatic nitrogens is 2. The molecule has 1 aliphatic heterocycles. The van der Waals surface area contributed by atoms with Crippen molar-refractivity contribution in [1.82, 2.24) is 15.1 Å². The number of fused-ring (bicyclic) bond motifs is 1. The molecule has 0 aromatic carbocycles. The predicted octanol–water partition coefficient (Wildman–Crippen LogP) is 0.678. The summed E-state index contributed by atoms with van der Waals surface area (Å²) >= 11 is 0. The number of aryl methyl sites for hydroxylation is 1. The molecule has 0 saturated carbocycles. The van der Waals surface area contributed by atoms with Crippen LogP contribution in [-0.4, -0.2) is 52.2 Å². The summed E-state index contributed by atoms with van der Waals surface area (Å²) in [7, 11) is 1.65. The van der Waals surface area contributed by atoms with Gasteiger partial charge in [0.1, 0.15) is 17.5 Å². The molecule has 0 radical (unpaired) electrons. The molecule has 2 heterocycles. The molecule has 2 rings (SSSR count). The first-order valence-electron chi connectivity index (χ1n) is 7.66. The third-order valence-corrected chi connectivity index (χ3v) is 3.47. The number of anilines is 1. The van der Waals surface area contributed by atoms with E-state index in [1.165, 1.54) is 4.90 Å². The Kier molecular flexibility index (Phi) is 4.93. The van der Waals surface area contributed by atoms with Gasteiger partial charge in [0.05, 0.1) is 5.69 Å². The number of alkyl carbamates (subject to hydrolysis) is 1. The highest BCUT2D eigenvalue weighted by Gasteiger charge is 2.31. The lowest BCUT2D eigenvalue weighted by molar-refractivity contribution is -0.120. The number of likely N-dealkylation sites (N-methyl/N-ethyl adjacent to an activating group) is 1. The molecule has 1 aromatic heterocycles. The second-order valence-corrected chi connectivity index (χ2v) is 6.58. The zero-order valence-corrected chi connectivity index (χ0v) is 14.0. The van der Waals surface area contributed by atoms with E-state index in [4.69, 9.17) is 9.84 Å². The summed E-state index contributed by atoms with van der Waals surface area (Å²) in [6.07, 6.45) is 0.266. The fourth-order valence-corrected chi connectivity index (χ4v) is 2.44. The minimum Gasteiger partial charge on any atom is -0.444 e. The van der Waals surface area contributed by atoms with E-state index in [0.717, 1.165) is 5.69 Å². The maximum atomic E-state index is 12.5. The fourth-order valence-electron chi connectivity index (χ4n) is 2.44. The number of rotatable bonds is 3. The number of hydrogen-bond acceptors (Lipinski definition) is 5. The van der Waals surface area contributed by atoms with E-state index in [-0.39, 0.29) is 12.5 Å². The molecular formula is C15H24N4O4. The molecular weight excluding hydrogens is 300 g/mol. The molecule has 2 amide bonds. The normalized spacial score (nSPS) is 18.4. The second kappa shape index (κ2) is 6.57. The zero-order chi connectivity index (χ0) is 17.2. The highest BCUT2D eigenvalue weighted by atomic mass is 16.6. The summed E-state index contributed by atoms with van der Waals surface area (Å²) < 4.78 is 6.93. The van der Waals surface area contributed by atoms with E-state index in [9.17, 15) is 9.59 Å². The van der Waals surface area contributed by atoms with Gasteiger partial charge in [0.15, 0.2) is 0 Å². The summed E-state index contributed by atoms with van der Waals surface area (Å²) in [5, 5.41) is 16.0. The molecule has 8 heteroatoms. The van der Waals surface area contributed by atoms with Gasteiger partial charge in [-0.2, -0.15) is 5.10 Å². The Labute approximate surface area is 135 Å². The van der Waals surface area contributed by atoms with E-state index >= 15 is 0 Å². The topological polar surface area (TPSA) is 96.7 Å². The van der Waals surface area contributed by atoms with Crippen LogP contribution < -0.4 is 10.2 Å². The highest BCUT2D eigenvalue weighted by molar-refractivity contribution is 5.98. The van der Waals surface area contributed by atoms with Gasteiger partial charge in [0.2, 0.25) is 0 Å². The number of carbonyl (C=O) groups excluding carboxylic acids is 2. The zero-order valence-electron chi connectivity index (χ0n) is 14.0. The van der Waals surface area contributed by atoms with Gasteiger partial charge >= 0.3 is 6.09 Å². The first kappa shape index (κ1) is 17.3. The first-order chi connectivity index (χ1) is 10.7. The largest absolute Gasteiger partial charge is 0.444 e. The van der Waals surface area contributed by atoms with Crippen LogP contribution >= 0.6 is 0 Å². The van der Waals surface area contributed by atoms with Crippen molar-refractivity contribution in [3.05, 3.63) is 11.8 Å². The SMILES string of the molecule is CN1C(=O)C(NC(=O)OC(C)(C)C)CCn2nc(CCO)cc21. The third-order valence-electron chi connectivity index (χ3n) is 3.47. The number of aliphatic hydroxyl groups is 1. The Hall–Kier alpha value is -2.09. The number of carbonyl (C=O) groups is 2. The van der Waals surface area contributed by atoms with Crippen LogP contribution in [-0.2, 0) is 22.5 Å². The number of amides is 2. The standard InChI is InChI=1S/C15H24N4O4/c1-15(2,3)23-14(22)16-11-5-7-19-12(18(4)13(11)21)9-10(17-19)6-8-20/h9,11,20H,5-8H2,1-4H3,(H,16,22). The van der Waals surface area contributed by atoms with Crippen molar-refractivity contribution in [2.45, 2.75) is 51.8 Å². The molecule has 0 spiro atoms. The van der Waals surface area contributed by atoms with Crippen LogP contribution in [0.25, 0.3) is 0 Å².